The van der Waals surface area contributed by atoms with Crippen LogP contribution in [0.5, 0.6) is 5.75 Å². The zero-order valence-corrected chi connectivity index (χ0v) is 9.43. The fourth-order valence-electron chi connectivity index (χ4n) is 1.38. The summed E-state index contributed by atoms with van der Waals surface area (Å²) in [6.45, 7) is 0. The highest BCUT2D eigenvalue weighted by atomic mass is 35.5. The summed E-state index contributed by atoms with van der Waals surface area (Å²) in [4.78, 5) is 13.9. The summed E-state index contributed by atoms with van der Waals surface area (Å²) in [5, 5.41) is 4.16. The molecule has 86 valence electrons. The molecule has 0 aliphatic rings. The van der Waals surface area contributed by atoms with Crippen LogP contribution >= 0.6 is 11.6 Å². The molecule has 0 amide bonds. The summed E-state index contributed by atoms with van der Waals surface area (Å²) in [6, 6.07) is 4.47. The van der Waals surface area contributed by atoms with Gasteiger partial charge in [-0.25, -0.2) is 4.79 Å². The minimum absolute atomic E-state index is 0.110. The molecular weight excluding hydrogens is 246 g/mol. The van der Waals surface area contributed by atoms with E-state index in [1.165, 1.54) is 19.2 Å². The van der Waals surface area contributed by atoms with E-state index < -0.39 is 5.63 Å². The molecule has 0 bridgehead atoms. The molecule has 0 radical (unpaired) electrons. The maximum Gasteiger partial charge on any atom is 0.345 e. The fraction of sp³-hybridized carbons (Fsp3) is 0.100. The molecule has 6 nitrogen and oxygen atoms in total. The topological polar surface area (TPSA) is 88.2 Å². The maximum atomic E-state index is 11.4. The molecule has 1 aromatic carbocycles. The number of fused-ring (bicyclic) bond motifs is 1. The van der Waals surface area contributed by atoms with E-state index in [0.29, 0.717) is 21.7 Å². The molecule has 7 heteroatoms. The fourth-order valence-corrected chi connectivity index (χ4v) is 1.63. The Kier molecular flexibility index (Phi) is 2.91. The number of azide groups is 1. The van der Waals surface area contributed by atoms with E-state index in [2.05, 4.69) is 10.0 Å². The Labute approximate surface area is 100.0 Å². The van der Waals surface area contributed by atoms with Crippen LogP contribution in [0.2, 0.25) is 5.02 Å². The molecule has 0 unspecified atom stereocenters. The van der Waals surface area contributed by atoms with Crippen molar-refractivity contribution in [2.24, 2.45) is 5.11 Å². The zero-order chi connectivity index (χ0) is 12.4. The van der Waals surface area contributed by atoms with Gasteiger partial charge in [-0.3, -0.25) is 0 Å². The first-order chi connectivity index (χ1) is 8.15. The molecule has 2 rings (SSSR count). The Morgan fingerprint density at radius 1 is 1.47 bits per heavy atom. The molecule has 0 spiro atoms. The van der Waals surface area contributed by atoms with Crippen LogP contribution < -0.4 is 10.4 Å². The van der Waals surface area contributed by atoms with E-state index in [4.69, 9.17) is 26.3 Å². The highest BCUT2D eigenvalue weighted by Crippen LogP contribution is 2.30. The molecule has 2 aromatic rings. The molecule has 1 aromatic heterocycles. The van der Waals surface area contributed by atoms with Crippen LogP contribution in [-0.2, 0) is 0 Å². The van der Waals surface area contributed by atoms with Gasteiger partial charge in [-0.1, -0.05) is 16.7 Å². The zero-order valence-electron chi connectivity index (χ0n) is 8.68. The lowest BCUT2D eigenvalue weighted by Crippen LogP contribution is -1.97. The van der Waals surface area contributed by atoms with E-state index in [-0.39, 0.29) is 5.69 Å². The first-order valence-corrected chi connectivity index (χ1v) is 4.90. The van der Waals surface area contributed by atoms with Gasteiger partial charge in [-0.15, -0.1) is 0 Å². The lowest BCUT2D eigenvalue weighted by molar-refractivity contribution is 0.414. The van der Waals surface area contributed by atoms with Gasteiger partial charge in [0.05, 0.1) is 12.1 Å². The van der Waals surface area contributed by atoms with Crippen molar-refractivity contribution in [2.75, 3.05) is 7.11 Å². The second-order valence-electron chi connectivity index (χ2n) is 3.13. The van der Waals surface area contributed by atoms with Crippen molar-refractivity contribution in [1.82, 2.24) is 0 Å². The summed E-state index contributed by atoms with van der Waals surface area (Å²) < 4.78 is 9.98. The van der Waals surface area contributed by atoms with Crippen LogP contribution in [-0.4, -0.2) is 7.11 Å². The molecule has 0 saturated heterocycles. The quantitative estimate of drug-likeness (QED) is 0.355. The largest absolute Gasteiger partial charge is 0.495 e. The number of ether oxygens (including phenoxy) is 1. The van der Waals surface area contributed by atoms with Crippen molar-refractivity contribution < 1.29 is 9.15 Å². The van der Waals surface area contributed by atoms with E-state index >= 15 is 0 Å². The monoisotopic (exact) mass is 251 g/mol. The maximum absolute atomic E-state index is 11.4. The highest BCUT2D eigenvalue weighted by Gasteiger charge is 2.08. The standard InChI is InChI=1S/C10H6ClN3O3/c1-16-9-4-8-5(2-6(9)11)3-7(13-14-12)10(15)17-8/h2-4H,1H3. The van der Waals surface area contributed by atoms with Crippen LogP contribution in [0.25, 0.3) is 21.4 Å². The number of hydrogen-bond donors (Lipinski definition) is 0. The van der Waals surface area contributed by atoms with E-state index in [1.54, 1.807) is 6.07 Å². The first kappa shape index (κ1) is 11.3. The molecule has 1 heterocycles. The predicted molar refractivity (Wildman–Crippen MR) is 62.9 cm³/mol. The van der Waals surface area contributed by atoms with Gasteiger partial charge in [0.2, 0.25) is 0 Å². The summed E-state index contributed by atoms with van der Waals surface area (Å²) in [5.74, 6) is 0.402. The molecule has 0 fully saturated rings. The average Bonchev–Trinajstić information content (AvgIpc) is 2.30. The second kappa shape index (κ2) is 4.37. The van der Waals surface area contributed by atoms with E-state index in [0.717, 1.165) is 0 Å². The van der Waals surface area contributed by atoms with Gasteiger partial charge in [-0.2, -0.15) is 0 Å². The molecule has 0 atom stereocenters. The molecule has 0 aliphatic carbocycles. The molecule has 0 saturated carbocycles. The third-order valence-corrected chi connectivity index (χ3v) is 2.44. The third kappa shape index (κ3) is 2.04. The normalized spacial score (nSPS) is 10.0. The van der Waals surface area contributed by atoms with Crippen LogP contribution in [0.15, 0.2) is 32.5 Å². The Hall–Kier alpha value is -2.17. The van der Waals surface area contributed by atoms with Crippen molar-refractivity contribution >= 4 is 28.3 Å². The molecular formula is C10H6ClN3O3. The molecule has 0 N–H and O–H groups in total. The second-order valence-corrected chi connectivity index (χ2v) is 3.54. The highest BCUT2D eigenvalue weighted by molar-refractivity contribution is 6.32. The first-order valence-electron chi connectivity index (χ1n) is 4.52. The number of nitrogens with zero attached hydrogens (tertiary/aromatic N) is 3. The summed E-state index contributed by atoms with van der Waals surface area (Å²) in [5.41, 5.74) is 7.78. The van der Waals surface area contributed by atoms with Crippen LogP contribution in [0.3, 0.4) is 0 Å². The van der Waals surface area contributed by atoms with Crippen molar-refractivity contribution in [3.8, 4) is 5.75 Å². The Balaban J connectivity index is 2.79. The van der Waals surface area contributed by atoms with Crippen LogP contribution in [0, 0.1) is 0 Å². The minimum atomic E-state index is -0.709. The van der Waals surface area contributed by atoms with Crippen molar-refractivity contribution in [1.29, 1.82) is 0 Å². The van der Waals surface area contributed by atoms with Crippen LogP contribution in [0.4, 0.5) is 5.69 Å². The number of rotatable bonds is 2. The SMILES string of the molecule is COc1cc2oc(=O)c(N=[N+]=[N-])cc2cc1Cl. The lowest BCUT2D eigenvalue weighted by Gasteiger charge is -2.04. The predicted octanol–water partition coefficient (Wildman–Crippen LogP) is 3.40. The summed E-state index contributed by atoms with van der Waals surface area (Å²) >= 11 is 5.92. The van der Waals surface area contributed by atoms with E-state index in [1.807, 2.05) is 0 Å². The van der Waals surface area contributed by atoms with Crippen LogP contribution in [0.1, 0.15) is 0 Å². The summed E-state index contributed by atoms with van der Waals surface area (Å²) in [7, 11) is 1.46. The van der Waals surface area contributed by atoms with Crippen molar-refractivity contribution in [2.45, 2.75) is 0 Å². The Morgan fingerprint density at radius 3 is 2.88 bits per heavy atom. The molecule has 17 heavy (non-hydrogen) atoms. The van der Waals surface area contributed by atoms with Gasteiger partial charge in [0.25, 0.3) is 0 Å². The van der Waals surface area contributed by atoms with Gasteiger partial charge >= 0.3 is 5.63 Å². The van der Waals surface area contributed by atoms with Crippen molar-refractivity contribution in [3.63, 3.8) is 0 Å². The number of hydrogen-bond acceptors (Lipinski definition) is 4. The third-order valence-electron chi connectivity index (χ3n) is 2.14. The van der Waals surface area contributed by atoms with Gasteiger partial charge in [0.15, 0.2) is 0 Å². The lowest BCUT2D eigenvalue weighted by atomic mass is 10.2. The smallest absolute Gasteiger partial charge is 0.345 e. The van der Waals surface area contributed by atoms with Crippen molar-refractivity contribution in [3.05, 3.63) is 44.1 Å². The average molecular weight is 252 g/mol. The number of methoxy groups -OCH3 is 1. The minimum Gasteiger partial charge on any atom is -0.495 e. The van der Waals surface area contributed by atoms with E-state index in [9.17, 15) is 4.79 Å². The number of benzene rings is 1. The number of halogens is 1. The van der Waals surface area contributed by atoms with Gasteiger partial charge in [-0.05, 0) is 17.7 Å². The Bertz CT molecular complexity index is 689. The Morgan fingerprint density at radius 2 is 2.24 bits per heavy atom. The summed E-state index contributed by atoms with van der Waals surface area (Å²) in [6.07, 6.45) is 0. The van der Waals surface area contributed by atoms with Gasteiger partial charge in [0, 0.05) is 16.4 Å². The molecule has 0 aliphatic heterocycles. The van der Waals surface area contributed by atoms with Gasteiger partial charge < -0.3 is 9.15 Å². The van der Waals surface area contributed by atoms with Gasteiger partial charge in [0.1, 0.15) is 17.0 Å².